The van der Waals surface area contributed by atoms with Crippen LogP contribution < -0.4 is 10.6 Å². The number of nitrogens with two attached hydrogens (primary N) is 1. The van der Waals surface area contributed by atoms with Crippen LogP contribution in [0, 0.1) is 29.5 Å². The van der Waals surface area contributed by atoms with Crippen LogP contribution in [0.3, 0.4) is 0 Å². The van der Waals surface area contributed by atoms with Crippen LogP contribution in [-0.2, 0) is 9.59 Å². The van der Waals surface area contributed by atoms with Crippen molar-refractivity contribution in [1.29, 1.82) is 0 Å². The summed E-state index contributed by atoms with van der Waals surface area (Å²) in [6, 6.07) is 3.95. The van der Waals surface area contributed by atoms with E-state index >= 15 is 0 Å². The maximum atomic E-state index is 13.9. The minimum Gasteiger partial charge on any atom is -0.399 e. The molecule has 1 aromatic carbocycles. The minimum absolute atomic E-state index is 0.0196. The van der Waals surface area contributed by atoms with E-state index in [0.29, 0.717) is 5.69 Å². The van der Waals surface area contributed by atoms with E-state index in [1.54, 1.807) is 0 Å². The molecule has 1 saturated carbocycles. The summed E-state index contributed by atoms with van der Waals surface area (Å²) >= 11 is 0. The summed E-state index contributed by atoms with van der Waals surface area (Å²) in [6.07, 6.45) is 4.88. The molecule has 20 heavy (non-hydrogen) atoms. The van der Waals surface area contributed by atoms with Crippen molar-refractivity contribution in [1.82, 2.24) is 0 Å². The van der Waals surface area contributed by atoms with Crippen molar-refractivity contribution >= 4 is 23.2 Å². The van der Waals surface area contributed by atoms with E-state index in [1.807, 2.05) is 12.2 Å². The highest BCUT2D eigenvalue weighted by Gasteiger charge is 2.59. The normalized spacial score (nSPS) is 34.1. The summed E-state index contributed by atoms with van der Waals surface area (Å²) in [6.45, 7) is 0. The molecule has 2 amide bonds. The molecule has 102 valence electrons. The zero-order valence-corrected chi connectivity index (χ0v) is 10.6. The second kappa shape index (κ2) is 3.69. The molecule has 0 aromatic heterocycles. The summed E-state index contributed by atoms with van der Waals surface area (Å²) < 4.78 is 13.9. The van der Waals surface area contributed by atoms with Gasteiger partial charge in [0.2, 0.25) is 11.8 Å². The Hall–Kier alpha value is -2.17. The number of nitrogen functional groups attached to an aromatic ring is 1. The molecule has 5 heteroatoms. The maximum absolute atomic E-state index is 13.9. The third-order valence-electron chi connectivity index (χ3n) is 4.68. The third-order valence-corrected chi connectivity index (χ3v) is 4.68. The van der Waals surface area contributed by atoms with E-state index in [4.69, 9.17) is 5.73 Å². The summed E-state index contributed by atoms with van der Waals surface area (Å²) in [4.78, 5) is 26.0. The lowest BCUT2D eigenvalue weighted by Gasteiger charge is -2.18. The van der Waals surface area contributed by atoms with Crippen LogP contribution in [0.5, 0.6) is 0 Å². The van der Waals surface area contributed by atoms with Gasteiger partial charge in [-0.3, -0.25) is 9.59 Å². The predicted octanol–water partition coefficient (Wildman–Crippen LogP) is 1.72. The Kier molecular flexibility index (Phi) is 2.14. The van der Waals surface area contributed by atoms with E-state index in [1.165, 1.54) is 18.2 Å². The van der Waals surface area contributed by atoms with Crippen LogP contribution in [0.15, 0.2) is 30.4 Å². The number of imide groups is 1. The van der Waals surface area contributed by atoms with Crippen LogP contribution in [-0.4, -0.2) is 11.8 Å². The Bertz CT molecular complexity index is 640. The van der Waals surface area contributed by atoms with Gasteiger partial charge < -0.3 is 5.73 Å². The number of fused-ring (bicyclic) bond motifs is 5. The highest BCUT2D eigenvalue weighted by molar-refractivity contribution is 6.23. The number of rotatable bonds is 1. The zero-order valence-electron chi connectivity index (χ0n) is 10.6. The summed E-state index contributed by atoms with van der Waals surface area (Å²) in [7, 11) is 0. The molecule has 2 fully saturated rings. The third kappa shape index (κ3) is 1.30. The molecule has 1 aliphatic heterocycles. The first-order valence-corrected chi connectivity index (χ1v) is 6.69. The van der Waals surface area contributed by atoms with Gasteiger partial charge in [-0.1, -0.05) is 12.2 Å². The van der Waals surface area contributed by atoms with Gasteiger partial charge in [0, 0.05) is 5.69 Å². The van der Waals surface area contributed by atoms with Gasteiger partial charge in [0.05, 0.1) is 17.5 Å². The Morgan fingerprint density at radius 3 is 2.30 bits per heavy atom. The number of carbonyl (C=O) groups excluding carboxylic acids is 2. The first-order chi connectivity index (χ1) is 9.58. The number of allylic oxidation sites excluding steroid dienone is 2. The van der Waals surface area contributed by atoms with Gasteiger partial charge in [-0.25, -0.2) is 9.29 Å². The maximum Gasteiger partial charge on any atom is 0.238 e. The first-order valence-electron chi connectivity index (χ1n) is 6.69. The van der Waals surface area contributed by atoms with Crippen LogP contribution in [0.4, 0.5) is 15.8 Å². The predicted molar refractivity (Wildman–Crippen MR) is 71.0 cm³/mol. The summed E-state index contributed by atoms with van der Waals surface area (Å²) in [5.41, 5.74) is 5.95. The molecule has 4 atom stereocenters. The molecular weight excluding hydrogens is 259 g/mol. The Balaban J connectivity index is 1.80. The van der Waals surface area contributed by atoms with Crippen LogP contribution in [0.1, 0.15) is 6.42 Å². The number of amides is 2. The quantitative estimate of drug-likeness (QED) is 0.481. The molecule has 1 saturated heterocycles. The van der Waals surface area contributed by atoms with Crippen LogP contribution >= 0.6 is 0 Å². The van der Waals surface area contributed by atoms with Crippen molar-refractivity contribution < 1.29 is 14.0 Å². The van der Waals surface area contributed by atoms with Gasteiger partial charge in [-0.2, -0.15) is 0 Å². The number of carbonyl (C=O) groups is 2. The number of benzene rings is 1. The van der Waals surface area contributed by atoms with Crippen molar-refractivity contribution in [3.63, 3.8) is 0 Å². The number of nitrogens with zero attached hydrogens (tertiary/aromatic N) is 1. The van der Waals surface area contributed by atoms with Crippen molar-refractivity contribution in [3.8, 4) is 0 Å². The minimum atomic E-state index is -0.596. The highest BCUT2D eigenvalue weighted by atomic mass is 19.1. The van der Waals surface area contributed by atoms with E-state index in [0.717, 1.165) is 11.3 Å². The molecular formula is C15H13FN2O2. The van der Waals surface area contributed by atoms with Gasteiger partial charge in [-0.15, -0.1) is 0 Å². The van der Waals surface area contributed by atoms with Crippen molar-refractivity contribution in [2.24, 2.45) is 23.7 Å². The van der Waals surface area contributed by atoms with E-state index in [-0.39, 0.29) is 41.2 Å². The van der Waals surface area contributed by atoms with Crippen molar-refractivity contribution in [3.05, 3.63) is 36.2 Å². The van der Waals surface area contributed by atoms with Crippen LogP contribution in [0.25, 0.3) is 0 Å². The topological polar surface area (TPSA) is 63.4 Å². The number of halogens is 1. The molecule has 4 rings (SSSR count). The number of hydrogen-bond donors (Lipinski definition) is 1. The molecule has 1 aromatic rings. The largest absolute Gasteiger partial charge is 0.399 e. The van der Waals surface area contributed by atoms with Gasteiger partial charge in [0.1, 0.15) is 5.82 Å². The van der Waals surface area contributed by atoms with Crippen molar-refractivity contribution in [2.45, 2.75) is 6.42 Å². The first kappa shape index (κ1) is 11.6. The van der Waals surface area contributed by atoms with Gasteiger partial charge in [0.15, 0.2) is 0 Å². The molecule has 4 nitrogen and oxygen atoms in total. The SMILES string of the molecule is Nc1ccc(F)c(N2C(=O)C3C4C=CC(C4)C3C2=O)c1. The van der Waals surface area contributed by atoms with E-state index in [2.05, 4.69) is 0 Å². The second-order valence-electron chi connectivity index (χ2n) is 5.72. The molecule has 2 bridgehead atoms. The molecule has 1 heterocycles. The Labute approximate surface area is 115 Å². The van der Waals surface area contributed by atoms with Gasteiger partial charge in [-0.05, 0) is 36.5 Å². The molecule has 4 unspecified atom stereocenters. The molecule has 0 spiro atoms. The zero-order chi connectivity index (χ0) is 14.0. The smallest absolute Gasteiger partial charge is 0.238 e. The molecule has 0 radical (unpaired) electrons. The average Bonchev–Trinajstić information content (AvgIpc) is 3.08. The second-order valence-corrected chi connectivity index (χ2v) is 5.72. The Morgan fingerprint density at radius 1 is 1.10 bits per heavy atom. The fourth-order valence-corrected chi connectivity index (χ4v) is 3.84. The molecule has 2 aliphatic carbocycles. The Morgan fingerprint density at radius 2 is 1.70 bits per heavy atom. The lowest BCUT2D eigenvalue weighted by molar-refractivity contribution is -0.123. The lowest BCUT2D eigenvalue weighted by Crippen LogP contribution is -2.33. The standard InChI is InChI=1S/C15H13FN2O2/c16-10-4-3-9(17)6-11(10)18-14(19)12-7-1-2-8(5-7)13(12)15(18)20/h1-4,6-8,12-13H,5,17H2. The van der Waals surface area contributed by atoms with Gasteiger partial charge >= 0.3 is 0 Å². The summed E-state index contributed by atoms with van der Waals surface area (Å²) in [5.74, 6) is -1.58. The highest BCUT2D eigenvalue weighted by Crippen LogP contribution is 2.53. The van der Waals surface area contributed by atoms with E-state index < -0.39 is 5.82 Å². The summed E-state index contributed by atoms with van der Waals surface area (Å²) in [5, 5.41) is 0. The lowest BCUT2D eigenvalue weighted by atomic mass is 9.85. The van der Waals surface area contributed by atoms with Crippen LogP contribution in [0.2, 0.25) is 0 Å². The van der Waals surface area contributed by atoms with Gasteiger partial charge in [0.25, 0.3) is 0 Å². The molecule has 2 N–H and O–H groups in total. The van der Waals surface area contributed by atoms with Crippen molar-refractivity contribution in [2.75, 3.05) is 10.6 Å². The average molecular weight is 272 g/mol. The number of hydrogen-bond acceptors (Lipinski definition) is 3. The number of anilines is 2. The molecule has 3 aliphatic rings. The fraction of sp³-hybridized carbons (Fsp3) is 0.333. The monoisotopic (exact) mass is 272 g/mol. The van der Waals surface area contributed by atoms with E-state index in [9.17, 15) is 14.0 Å². The fourth-order valence-electron chi connectivity index (χ4n) is 3.84.